The van der Waals surface area contributed by atoms with Gasteiger partial charge < -0.3 is 10.1 Å². The van der Waals surface area contributed by atoms with Gasteiger partial charge in [0, 0.05) is 24.8 Å². The first kappa shape index (κ1) is 15.8. The maximum absolute atomic E-state index is 12.3. The van der Waals surface area contributed by atoms with E-state index in [9.17, 15) is 9.59 Å². The molecule has 5 nitrogen and oxygen atoms in total. The third-order valence-corrected chi connectivity index (χ3v) is 3.85. The Hall–Kier alpha value is -3.08. The van der Waals surface area contributed by atoms with Crippen LogP contribution in [0.4, 0.5) is 5.69 Å². The summed E-state index contributed by atoms with van der Waals surface area (Å²) in [5, 5.41) is 3.70. The predicted molar refractivity (Wildman–Crippen MR) is 94.5 cm³/mol. The number of para-hydroxylation sites is 1. The number of nitrogens with one attached hydrogen (secondary N) is 1. The minimum Gasteiger partial charge on any atom is -0.497 e. The molecule has 122 valence electrons. The van der Waals surface area contributed by atoms with Crippen LogP contribution in [-0.2, 0) is 4.79 Å². The number of carbonyl (C=O) groups is 2. The van der Waals surface area contributed by atoms with Crippen molar-refractivity contribution in [2.75, 3.05) is 12.4 Å². The molecule has 0 saturated carbocycles. The lowest BCUT2D eigenvalue weighted by atomic mass is 10.1. The average molecular weight is 322 g/mol. The van der Waals surface area contributed by atoms with E-state index in [1.54, 1.807) is 11.7 Å². The molecule has 1 aromatic heterocycles. The monoisotopic (exact) mass is 322 g/mol. The summed E-state index contributed by atoms with van der Waals surface area (Å²) < 4.78 is 6.82. The summed E-state index contributed by atoms with van der Waals surface area (Å²) >= 11 is 0. The molecular formula is C19H18N2O3. The maximum Gasteiger partial charge on any atom is 0.228 e. The van der Waals surface area contributed by atoms with Crippen molar-refractivity contribution in [2.24, 2.45) is 0 Å². The van der Waals surface area contributed by atoms with E-state index in [0.29, 0.717) is 11.4 Å². The zero-order valence-corrected chi connectivity index (χ0v) is 13.8. The van der Waals surface area contributed by atoms with Crippen LogP contribution >= 0.6 is 0 Å². The molecule has 0 atom stereocenters. The highest BCUT2D eigenvalue weighted by Crippen LogP contribution is 2.38. The predicted octanol–water partition coefficient (Wildman–Crippen LogP) is 3.94. The summed E-state index contributed by atoms with van der Waals surface area (Å²) in [6.45, 7) is 2.97. The van der Waals surface area contributed by atoms with E-state index in [0.717, 1.165) is 22.2 Å². The minimum atomic E-state index is -0.184. The second-order valence-electron chi connectivity index (χ2n) is 5.50. The third-order valence-electron chi connectivity index (χ3n) is 3.85. The molecule has 3 rings (SSSR count). The summed E-state index contributed by atoms with van der Waals surface area (Å²) in [6.07, 6.45) is 0. The summed E-state index contributed by atoms with van der Waals surface area (Å²) in [4.78, 5) is 24.0. The summed E-state index contributed by atoms with van der Waals surface area (Å²) in [5.74, 6) is 0.426. The van der Waals surface area contributed by atoms with Crippen molar-refractivity contribution < 1.29 is 14.3 Å². The maximum atomic E-state index is 12.3. The number of ether oxygens (including phenoxy) is 1. The van der Waals surface area contributed by atoms with E-state index in [1.165, 1.54) is 13.8 Å². The number of benzene rings is 2. The molecule has 0 bridgehead atoms. The van der Waals surface area contributed by atoms with E-state index >= 15 is 0 Å². The van der Waals surface area contributed by atoms with Crippen molar-refractivity contribution in [3.8, 4) is 17.0 Å². The first-order chi connectivity index (χ1) is 11.5. The van der Waals surface area contributed by atoms with Crippen LogP contribution in [0.25, 0.3) is 22.2 Å². The number of methoxy groups -OCH3 is 1. The number of hydrogen-bond acceptors (Lipinski definition) is 3. The number of aromatic nitrogens is 1. The highest BCUT2D eigenvalue weighted by atomic mass is 16.5. The lowest BCUT2D eigenvalue weighted by Gasteiger charge is -2.10. The van der Waals surface area contributed by atoms with Gasteiger partial charge in [-0.3, -0.25) is 14.2 Å². The molecule has 0 aliphatic heterocycles. The van der Waals surface area contributed by atoms with Gasteiger partial charge in [-0.15, -0.1) is 0 Å². The second-order valence-corrected chi connectivity index (χ2v) is 5.50. The van der Waals surface area contributed by atoms with E-state index in [2.05, 4.69) is 5.32 Å². The number of amides is 1. The highest BCUT2D eigenvalue weighted by molar-refractivity contribution is 6.12. The van der Waals surface area contributed by atoms with Gasteiger partial charge in [0.15, 0.2) is 0 Å². The molecule has 2 aromatic carbocycles. The molecule has 1 amide bonds. The van der Waals surface area contributed by atoms with Crippen LogP contribution in [-0.4, -0.2) is 23.5 Å². The van der Waals surface area contributed by atoms with Crippen molar-refractivity contribution >= 4 is 28.4 Å². The van der Waals surface area contributed by atoms with Crippen molar-refractivity contribution in [3.63, 3.8) is 0 Å². The number of carbonyl (C=O) groups excluding carboxylic acids is 2. The van der Waals surface area contributed by atoms with Crippen LogP contribution in [0.1, 0.15) is 18.6 Å². The molecule has 0 aliphatic carbocycles. The van der Waals surface area contributed by atoms with Gasteiger partial charge >= 0.3 is 0 Å². The van der Waals surface area contributed by atoms with Crippen LogP contribution in [0.15, 0.2) is 48.5 Å². The normalized spacial score (nSPS) is 10.6. The average Bonchev–Trinajstić information content (AvgIpc) is 2.89. The van der Waals surface area contributed by atoms with Gasteiger partial charge in [-0.25, -0.2) is 0 Å². The number of anilines is 1. The smallest absolute Gasteiger partial charge is 0.228 e. The van der Waals surface area contributed by atoms with Gasteiger partial charge in [0.1, 0.15) is 5.75 Å². The number of hydrogen-bond donors (Lipinski definition) is 1. The SMILES string of the molecule is COc1ccc(-c2c(NC(C)=O)c3ccccc3n2C(C)=O)cc1. The fourth-order valence-corrected chi connectivity index (χ4v) is 2.89. The van der Waals surface area contributed by atoms with Crippen molar-refractivity contribution in [1.29, 1.82) is 0 Å². The molecule has 0 radical (unpaired) electrons. The fourth-order valence-electron chi connectivity index (χ4n) is 2.89. The Kier molecular flexibility index (Phi) is 4.08. The first-order valence-corrected chi connectivity index (χ1v) is 7.59. The van der Waals surface area contributed by atoms with Crippen LogP contribution < -0.4 is 10.1 Å². The highest BCUT2D eigenvalue weighted by Gasteiger charge is 2.21. The molecule has 0 aliphatic rings. The Morgan fingerprint density at radius 1 is 1.00 bits per heavy atom. The molecule has 0 saturated heterocycles. The zero-order valence-electron chi connectivity index (χ0n) is 13.8. The van der Waals surface area contributed by atoms with Crippen LogP contribution in [0.5, 0.6) is 5.75 Å². The molecule has 0 spiro atoms. The molecule has 0 fully saturated rings. The Labute approximate surface area is 139 Å². The van der Waals surface area contributed by atoms with E-state index in [1.807, 2.05) is 48.5 Å². The third kappa shape index (κ3) is 2.65. The van der Waals surface area contributed by atoms with Crippen molar-refractivity contribution in [3.05, 3.63) is 48.5 Å². The molecule has 0 unspecified atom stereocenters. The summed E-state index contributed by atoms with van der Waals surface area (Å²) in [7, 11) is 1.60. The quantitative estimate of drug-likeness (QED) is 0.794. The largest absolute Gasteiger partial charge is 0.497 e. The standard InChI is InChI=1S/C19H18N2O3/c1-12(22)20-18-16-6-4-5-7-17(16)21(13(2)23)19(18)14-8-10-15(24-3)11-9-14/h4-11H,1-3H3,(H,20,22). The Morgan fingerprint density at radius 2 is 1.67 bits per heavy atom. The van der Waals surface area contributed by atoms with Gasteiger partial charge in [0.2, 0.25) is 11.8 Å². The van der Waals surface area contributed by atoms with Crippen LogP contribution in [0.3, 0.4) is 0 Å². The lowest BCUT2D eigenvalue weighted by molar-refractivity contribution is -0.114. The summed E-state index contributed by atoms with van der Waals surface area (Å²) in [6, 6.07) is 14.9. The Bertz CT molecular complexity index is 924. The molecular weight excluding hydrogens is 304 g/mol. The fraction of sp³-hybridized carbons (Fsp3) is 0.158. The van der Waals surface area contributed by atoms with Crippen LogP contribution in [0, 0.1) is 0 Å². The molecule has 5 heteroatoms. The number of fused-ring (bicyclic) bond motifs is 1. The topological polar surface area (TPSA) is 60.3 Å². The molecule has 1 N–H and O–H groups in total. The summed E-state index contributed by atoms with van der Waals surface area (Å²) in [5.41, 5.74) is 2.89. The lowest BCUT2D eigenvalue weighted by Crippen LogP contribution is -2.10. The Morgan fingerprint density at radius 3 is 2.25 bits per heavy atom. The minimum absolute atomic E-state index is 0.117. The van der Waals surface area contributed by atoms with Crippen molar-refractivity contribution in [1.82, 2.24) is 4.57 Å². The van der Waals surface area contributed by atoms with E-state index in [4.69, 9.17) is 4.74 Å². The van der Waals surface area contributed by atoms with Crippen LogP contribution in [0.2, 0.25) is 0 Å². The number of rotatable bonds is 3. The number of nitrogens with zero attached hydrogens (tertiary/aromatic N) is 1. The molecule has 24 heavy (non-hydrogen) atoms. The second kappa shape index (κ2) is 6.20. The van der Waals surface area contributed by atoms with Gasteiger partial charge in [-0.2, -0.15) is 0 Å². The Balaban J connectivity index is 2.35. The van der Waals surface area contributed by atoms with E-state index < -0.39 is 0 Å². The van der Waals surface area contributed by atoms with Gasteiger partial charge in [-0.1, -0.05) is 18.2 Å². The van der Waals surface area contributed by atoms with E-state index in [-0.39, 0.29) is 11.8 Å². The first-order valence-electron chi connectivity index (χ1n) is 7.59. The van der Waals surface area contributed by atoms with Gasteiger partial charge in [0.25, 0.3) is 0 Å². The zero-order chi connectivity index (χ0) is 17.3. The molecule has 1 heterocycles. The molecule has 3 aromatic rings. The van der Waals surface area contributed by atoms with Gasteiger partial charge in [0.05, 0.1) is 24.0 Å². The van der Waals surface area contributed by atoms with Gasteiger partial charge in [-0.05, 0) is 30.3 Å². The van der Waals surface area contributed by atoms with Crippen molar-refractivity contribution in [2.45, 2.75) is 13.8 Å².